The zero-order valence-corrected chi connectivity index (χ0v) is 18.5. The highest BCUT2D eigenvalue weighted by atomic mass is 16.5. The summed E-state index contributed by atoms with van der Waals surface area (Å²) >= 11 is 0. The van der Waals surface area contributed by atoms with Crippen molar-refractivity contribution in [1.82, 2.24) is 9.97 Å². The number of aryl methyl sites for hydroxylation is 4. The lowest BCUT2D eigenvalue weighted by Crippen LogP contribution is -2.14. The average Bonchev–Trinajstić information content (AvgIpc) is 2.76. The van der Waals surface area contributed by atoms with Crippen LogP contribution in [0.5, 0.6) is 11.8 Å². The Labute approximate surface area is 188 Å². The SMILES string of the molecule is Cc1cc(C)nc(Oc2cccc(NC(=O)CCC(=O)c3ccc4c(c3)CCCC4)c2)n1. The van der Waals surface area contributed by atoms with E-state index in [0.717, 1.165) is 24.2 Å². The molecule has 1 N–H and O–H groups in total. The van der Waals surface area contributed by atoms with E-state index >= 15 is 0 Å². The van der Waals surface area contributed by atoms with Crippen LogP contribution in [-0.2, 0) is 17.6 Å². The lowest BCUT2D eigenvalue weighted by Gasteiger charge is -2.16. The fourth-order valence-corrected chi connectivity index (χ4v) is 3.98. The van der Waals surface area contributed by atoms with E-state index in [1.807, 2.05) is 32.0 Å². The van der Waals surface area contributed by atoms with Crippen molar-refractivity contribution in [3.8, 4) is 11.8 Å². The molecule has 0 spiro atoms. The monoisotopic (exact) mass is 429 g/mol. The Kier molecular flexibility index (Phi) is 6.59. The summed E-state index contributed by atoms with van der Waals surface area (Å²) in [7, 11) is 0. The third-order valence-corrected chi connectivity index (χ3v) is 5.54. The third-order valence-electron chi connectivity index (χ3n) is 5.54. The van der Waals surface area contributed by atoms with Gasteiger partial charge in [-0.05, 0) is 74.9 Å². The van der Waals surface area contributed by atoms with E-state index in [-0.39, 0.29) is 30.5 Å². The van der Waals surface area contributed by atoms with Crippen molar-refractivity contribution in [3.05, 3.63) is 76.6 Å². The maximum absolute atomic E-state index is 12.6. The minimum atomic E-state index is -0.212. The lowest BCUT2D eigenvalue weighted by molar-refractivity contribution is -0.116. The predicted octanol–water partition coefficient (Wildman–Crippen LogP) is 5.37. The van der Waals surface area contributed by atoms with Gasteiger partial charge in [-0.25, -0.2) is 9.97 Å². The fourth-order valence-electron chi connectivity index (χ4n) is 3.98. The highest BCUT2D eigenvalue weighted by Crippen LogP contribution is 2.24. The van der Waals surface area contributed by atoms with Gasteiger partial charge in [0.15, 0.2) is 5.78 Å². The molecule has 0 saturated carbocycles. The molecular weight excluding hydrogens is 402 g/mol. The Morgan fingerprint density at radius 3 is 2.44 bits per heavy atom. The van der Waals surface area contributed by atoms with Gasteiger partial charge in [-0.1, -0.05) is 18.2 Å². The number of amides is 1. The Bertz CT molecular complexity index is 1140. The molecule has 6 nitrogen and oxygen atoms in total. The first kappa shape index (κ1) is 21.7. The first-order valence-electron chi connectivity index (χ1n) is 11.0. The van der Waals surface area contributed by atoms with Crippen molar-refractivity contribution < 1.29 is 14.3 Å². The number of hydrogen-bond donors (Lipinski definition) is 1. The zero-order chi connectivity index (χ0) is 22.5. The van der Waals surface area contributed by atoms with Crippen LogP contribution in [0.25, 0.3) is 0 Å². The lowest BCUT2D eigenvalue weighted by atomic mass is 9.89. The summed E-state index contributed by atoms with van der Waals surface area (Å²) in [6.45, 7) is 3.76. The number of rotatable bonds is 7. The summed E-state index contributed by atoms with van der Waals surface area (Å²) in [6, 6.07) is 15.1. The van der Waals surface area contributed by atoms with Crippen LogP contribution in [0.4, 0.5) is 5.69 Å². The molecule has 1 aliphatic carbocycles. The summed E-state index contributed by atoms with van der Waals surface area (Å²) in [5.74, 6) is 0.312. The minimum Gasteiger partial charge on any atom is -0.424 e. The van der Waals surface area contributed by atoms with Crippen molar-refractivity contribution in [2.45, 2.75) is 52.4 Å². The molecule has 32 heavy (non-hydrogen) atoms. The molecule has 1 heterocycles. The van der Waals surface area contributed by atoms with Crippen molar-refractivity contribution in [2.75, 3.05) is 5.32 Å². The van der Waals surface area contributed by atoms with Gasteiger partial charge in [-0.3, -0.25) is 9.59 Å². The van der Waals surface area contributed by atoms with Gasteiger partial charge in [0.25, 0.3) is 0 Å². The first-order chi connectivity index (χ1) is 15.5. The number of aromatic nitrogens is 2. The van der Waals surface area contributed by atoms with E-state index in [1.165, 1.54) is 24.0 Å². The molecule has 3 aromatic rings. The summed E-state index contributed by atoms with van der Waals surface area (Å²) in [5.41, 5.74) is 5.55. The molecule has 1 amide bonds. The van der Waals surface area contributed by atoms with Crippen LogP contribution in [0, 0.1) is 13.8 Å². The van der Waals surface area contributed by atoms with E-state index in [2.05, 4.69) is 21.4 Å². The number of nitrogens with zero attached hydrogens (tertiary/aromatic N) is 2. The van der Waals surface area contributed by atoms with Crippen LogP contribution in [0.15, 0.2) is 48.5 Å². The molecule has 1 aromatic heterocycles. The number of hydrogen-bond acceptors (Lipinski definition) is 5. The van der Waals surface area contributed by atoms with E-state index in [0.29, 0.717) is 17.0 Å². The van der Waals surface area contributed by atoms with Gasteiger partial charge >= 0.3 is 6.01 Å². The van der Waals surface area contributed by atoms with Gasteiger partial charge in [-0.15, -0.1) is 0 Å². The van der Waals surface area contributed by atoms with E-state index < -0.39 is 0 Å². The number of carbonyl (C=O) groups excluding carboxylic acids is 2. The first-order valence-corrected chi connectivity index (χ1v) is 11.0. The van der Waals surface area contributed by atoms with Crippen LogP contribution in [0.2, 0.25) is 0 Å². The Morgan fingerprint density at radius 1 is 0.906 bits per heavy atom. The molecule has 1 aliphatic rings. The smallest absolute Gasteiger partial charge is 0.322 e. The molecule has 164 valence electrons. The number of nitrogens with one attached hydrogen (secondary N) is 1. The highest BCUT2D eigenvalue weighted by Gasteiger charge is 2.14. The van der Waals surface area contributed by atoms with Gasteiger partial charge in [0, 0.05) is 41.5 Å². The number of anilines is 1. The molecule has 0 radical (unpaired) electrons. The topological polar surface area (TPSA) is 81.2 Å². The molecule has 0 atom stereocenters. The van der Waals surface area contributed by atoms with Crippen molar-refractivity contribution >= 4 is 17.4 Å². The van der Waals surface area contributed by atoms with Gasteiger partial charge < -0.3 is 10.1 Å². The molecule has 6 heteroatoms. The zero-order valence-electron chi connectivity index (χ0n) is 18.5. The minimum absolute atomic E-state index is 0.00225. The van der Waals surface area contributed by atoms with Crippen LogP contribution in [-0.4, -0.2) is 21.7 Å². The van der Waals surface area contributed by atoms with E-state index in [9.17, 15) is 9.59 Å². The van der Waals surface area contributed by atoms with E-state index in [4.69, 9.17) is 4.74 Å². The Hall–Kier alpha value is -3.54. The molecule has 0 unspecified atom stereocenters. The summed E-state index contributed by atoms with van der Waals surface area (Å²) in [5, 5.41) is 2.84. The Balaban J connectivity index is 1.33. The largest absolute Gasteiger partial charge is 0.424 e. The number of fused-ring (bicyclic) bond motifs is 1. The van der Waals surface area contributed by atoms with Gasteiger partial charge in [0.2, 0.25) is 5.91 Å². The van der Waals surface area contributed by atoms with Crippen molar-refractivity contribution in [1.29, 1.82) is 0 Å². The normalized spacial score (nSPS) is 12.7. The molecule has 0 saturated heterocycles. The quantitative estimate of drug-likeness (QED) is 0.511. The second-order valence-corrected chi connectivity index (χ2v) is 8.23. The highest BCUT2D eigenvalue weighted by molar-refractivity contribution is 6.00. The number of carbonyl (C=O) groups is 2. The maximum atomic E-state index is 12.6. The maximum Gasteiger partial charge on any atom is 0.322 e. The van der Waals surface area contributed by atoms with E-state index in [1.54, 1.807) is 24.3 Å². The predicted molar refractivity (Wildman–Crippen MR) is 123 cm³/mol. The van der Waals surface area contributed by atoms with Crippen LogP contribution in [0.3, 0.4) is 0 Å². The molecule has 0 bridgehead atoms. The molecular formula is C26H27N3O3. The number of Topliss-reactive ketones (excluding diaryl/α,β-unsaturated/α-hetero) is 1. The van der Waals surface area contributed by atoms with Crippen LogP contribution < -0.4 is 10.1 Å². The second kappa shape index (κ2) is 9.73. The summed E-state index contributed by atoms with van der Waals surface area (Å²) in [4.78, 5) is 33.5. The fraction of sp³-hybridized carbons (Fsp3) is 0.308. The summed E-state index contributed by atoms with van der Waals surface area (Å²) < 4.78 is 5.74. The summed E-state index contributed by atoms with van der Waals surface area (Å²) in [6.07, 6.45) is 4.81. The third kappa shape index (κ3) is 5.58. The van der Waals surface area contributed by atoms with Crippen molar-refractivity contribution in [2.24, 2.45) is 0 Å². The van der Waals surface area contributed by atoms with Gasteiger partial charge in [0.1, 0.15) is 5.75 Å². The standard InChI is InChI=1S/C26H27N3O3/c1-17-14-18(2)28-26(27-17)32-23-9-5-8-22(16-23)29-25(31)13-12-24(30)21-11-10-19-6-3-4-7-20(19)15-21/h5,8-11,14-16H,3-4,6-7,12-13H2,1-2H3,(H,29,31). The Morgan fingerprint density at radius 2 is 1.66 bits per heavy atom. The average molecular weight is 430 g/mol. The molecule has 0 aliphatic heterocycles. The number of ketones is 1. The number of benzene rings is 2. The van der Waals surface area contributed by atoms with Crippen LogP contribution >= 0.6 is 0 Å². The molecule has 0 fully saturated rings. The van der Waals surface area contributed by atoms with Gasteiger partial charge in [0.05, 0.1) is 0 Å². The molecule has 4 rings (SSSR count). The second-order valence-electron chi connectivity index (χ2n) is 8.23. The van der Waals surface area contributed by atoms with Crippen molar-refractivity contribution in [3.63, 3.8) is 0 Å². The molecule has 2 aromatic carbocycles. The number of ether oxygens (including phenoxy) is 1. The van der Waals surface area contributed by atoms with Gasteiger partial charge in [-0.2, -0.15) is 0 Å². The van der Waals surface area contributed by atoms with Crippen LogP contribution in [0.1, 0.15) is 58.6 Å².